The van der Waals surface area contributed by atoms with Crippen LogP contribution in [0, 0.1) is 0 Å². The molecule has 0 radical (unpaired) electrons. The van der Waals surface area contributed by atoms with Gasteiger partial charge < -0.3 is 5.32 Å². The number of carbonyl (C=O) groups is 1. The maximum atomic E-state index is 12.1. The molecule has 0 atom stereocenters. The highest BCUT2D eigenvalue weighted by Crippen LogP contribution is 2.28. The van der Waals surface area contributed by atoms with Crippen molar-refractivity contribution in [3.63, 3.8) is 0 Å². The Morgan fingerprint density at radius 1 is 1.24 bits per heavy atom. The van der Waals surface area contributed by atoms with Gasteiger partial charge in [-0.05, 0) is 23.1 Å². The van der Waals surface area contributed by atoms with Gasteiger partial charge >= 0.3 is 0 Å². The van der Waals surface area contributed by atoms with Crippen LogP contribution in [0.5, 0.6) is 0 Å². The van der Waals surface area contributed by atoms with Crippen molar-refractivity contribution in [2.24, 2.45) is 0 Å². The van der Waals surface area contributed by atoms with E-state index in [2.05, 4.69) is 10.3 Å². The topological polar surface area (TPSA) is 42.0 Å². The summed E-state index contributed by atoms with van der Waals surface area (Å²) in [6.45, 7) is 0.407. The number of nitrogens with zero attached hydrogens (tertiary/aromatic N) is 1. The number of rotatable bonds is 4. The molecule has 0 spiro atoms. The number of carbonyl (C=O) groups excluding carboxylic acids is 1. The minimum atomic E-state index is -0.129. The summed E-state index contributed by atoms with van der Waals surface area (Å²) in [6.07, 6.45) is 1.61. The van der Waals surface area contributed by atoms with Crippen LogP contribution in [0.2, 0.25) is 5.02 Å². The van der Waals surface area contributed by atoms with Crippen molar-refractivity contribution >= 4 is 40.2 Å². The summed E-state index contributed by atoms with van der Waals surface area (Å²) < 4.78 is 0. The Morgan fingerprint density at radius 3 is 2.86 bits per heavy atom. The first-order valence-electron chi connectivity index (χ1n) is 6.25. The molecule has 0 aliphatic rings. The SMILES string of the molecule is O=C(NCc1ccccc1Cl)c1cnc(-c2cccs2)s1. The molecule has 0 aliphatic carbocycles. The Morgan fingerprint density at radius 2 is 2.10 bits per heavy atom. The molecule has 0 saturated carbocycles. The van der Waals surface area contributed by atoms with E-state index >= 15 is 0 Å². The molecular weight excluding hydrogens is 324 g/mol. The summed E-state index contributed by atoms with van der Waals surface area (Å²) in [5, 5.41) is 6.38. The molecule has 0 bridgehead atoms. The van der Waals surface area contributed by atoms with Crippen LogP contribution in [0.3, 0.4) is 0 Å². The Kier molecular flexibility index (Phi) is 4.34. The molecule has 6 heteroatoms. The number of amides is 1. The summed E-state index contributed by atoms with van der Waals surface area (Å²) >= 11 is 9.07. The Bertz CT molecular complexity index is 753. The van der Waals surface area contributed by atoms with Crippen molar-refractivity contribution in [1.82, 2.24) is 10.3 Å². The zero-order chi connectivity index (χ0) is 14.7. The van der Waals surface area contributed by atoms with E-state index in [1.54, 1.807) is 17.5 Å². The van der Waals surface area contributed by atoms with Gasteiger partial charge in [-0.25, -0.2) is 4.98 Å². The number of thiophene rings is 1. The largest absolute Gasteiger partial charge is 0.347 e. The molecule has 3 aromatic rings. The molecule has 1 amide bonds. The zero-order valence-electron chi connectivity index (χ0n) is 10.9. The predicted octanol–water partition coefficient (Wildman–Crippen LogP) is 4.46. The number of hydrogen-bond acceptors (Lipinski definition) is 4. The average molecular weight is 335 g/mol. The minimum Gasteiger partial charge on any atom is -0.347 e. The Hall–Kier alpha value is -1.69. The van der Waals surface area contributed by atoms with Crippen LogP contribution in [0.1, 0.15) is 15.2 Å². The van der Waals surface area contributed by atoms with Crippen LogP contribution >= 0.6 is 34.3 Å². The standard InChI is InChI=1S/C15H11ClN2OS2/c16-11-5-2-1-4-10(11)8-17-14(19)13-9-18-15(21-13)12-6-3-7-20-12/h1-7,9H,8H2,(H,17,19). The van der Waals surface area contributed by atoms with Gasteiger partial charge in [0.2, 0.25) is 0 Å². The highest BCUT2D eigenvalue weighted by Gasteiger charge is 2.12. The summed E-state index contributed by atoms with van der Waals surface area (Å²) in [5.74, 6) is -0.129. The van der Waals surface area contributed by atoms with Crippen LogP contribution in [0.15, 0.2) is 48.0 Å². The van der Waals surface area contributed by atoms with E-state index in [0.29, 0.717) is 16.4 Å². The van der Waals surface area contributed by atoms with E-state index in [-0.39, 0.29) is 5.91 Å². The third-order valence-electron chi connectivity index (χ3n) is 2.86. The molecule has 106 valence electrons. The Labute approximate surface area is 135 Å². The molecule has 0 fully saturated rings. The average Bonchev–Trinajstić information content (AvgIpc) is 3.16. The molecule has 1 N–H and O–H groups in total. The molecule has 3 rings (SSSR count). The fourth-order valence-corrected chi connectivity index (χ4v) is 3.64. The molecule has 0 saturated heterocycles. The van der Waals surface area contributed by atoms with E-state index in [4.69, 9.17) is 11.6 Å². The maximum absolute atomic E-state index is 12.1. The van der Waals surface area contributed by atoms with E-state index in [0.717, 1.165) is 15.4 Å². The monoisotopic (exact) mass is 334 g/mol. The van der Waals surface area contributed by atoms with Gasteiger partial charge in [0.05, 0.1) is 11.1 Å². The molecule has 0 unspecified atom stereocenters. The predicted molar refractivity (Wildman–Crippen MR) is 88.0 cm³/mol. The second-order valence-corrected chi connectivity index (χ2v) is 6.67. The van der Waals surface area contributed by atoms with Crippen LogP contribution in [0.4, 0.5) is 0 Å². The summed E-state index contributed by atoms with van der Waals surface area (Å²) in [5.41, 5.74) is 0.899. The fourth-order valence-electron chi connectivity index (χ4n) is 1.80. The quantitative estimate of drug-likeness (QED) is 0.765. The van der Waals surface area contributed by atoms with Crippen LogP contribution in [0.25, 0.3) is 9.88 Å². The van der Waals surface area contributed by atoms with E-state index in [1.165, 1.54) is 11.3 Å². The molecule has 2 aromatic heterocycles. The maximum Gasteiger partial charge on any atom is 0.263 e. The number of hydrogen-bond donors (Lipinski definition) is 1. The van der Waals surface area contributed by atoms with Crippen LogP contribution < -0.4 is 5.32 Å². The molecule has 0 aliphatic heterocycles. The second kappa shape index (κ2) is 6.39. The minimum absolute atomic E-state index is 0.129. The summed E-state index contributed by atoms with van der Waals surface area (Å²) in [6, 6.07) is 11.4. The first-order valence-corrected chi connectivity index (χ1v) is 8.33. The lowest BCUT2D eigenvalue weighted by molar-refractivity contribution is 0.0955. The number of nitrogens with one attached hydrogen (secondary N) is 1. The smallest absolute Gasteiger partial charge is 0.263 e. The first-order chi connectivity index (χ1) is 10.2. The van der Waals surface area contributed by atoms with Crippen LogP contribution in [-0.2, 0) is 6.54 Å². The number of benzene rings is 1. The van der Waals surface area contributed by atoms with Gasteiger partial charge in [0.1, 0.15) is 9.88 Å². The lowest BCUT2D eigenvalue weighted by Crippen LogP contribution is -2.21. The molecule has 21 heavy (non-hydrogen) atoms. The zero-order valence-corrected chi connectivity index (χ0v) is 13.3. The van der Waals surface area contributed by atoms with Gasteiger partial charge in [-0.1, -0.05) is 35.9 Å². The normalized spacial score (nSPS) is 10.5. The number of aromatic nitrogens is 1. The third-order valence-corrected chi connectivity index (χ3v) is 5.26. The molecule has 3 nitrogen and oxygen atoms in total. The van der Waals surface area contributed by atoms with Crippen molar-refractivity contribution in [2.45, 2.75) is 6.54 Å². The highest BCUT2D eigenvalue weighted by molar-refractivity contribution is 7.21. The lowest BCUT2D eigenvalue weighted by atomic mass is 10.2. The molecule has 2 heterocycles. The lowest BCUT2D eigenvalue weighted by Gasteiger charge is -2.05. The van der Waals surface area contributed by atoms with Gasteiger partial charge in [0.15, 0.2) is 0 Å². The fraction of sp³-hybridized carbons (Fsp3) is 0.0667. The van der Waals surface area contributed by atoms with E-state index < -0.39 is 0 Å². The van der Waals surface area contributed by atoms with Crippen molar-refractivity contribution in [3.05, 3.63) is 63.4 Å². The van der Waals surface area contributed by atoms with E-state index in [9.17, 15) is 4.79 Å². The van der Waals surface area contributed by atoms with Crippen molar-refractivity contribution in [1.29, 1.82) is 0 Å². The third kappa shape index (κ3) is 3.32. The van der Waals surface area contributed by atoms with Crippen molar-refractivity contribution < 1.29 is 4.79 Å². The number of thiazole rings is 1. The van der Waals surface area contributed by atoms with Gasteiger partial charge in [0.25, 0.3) is 5.91 Å². The van der Waals surface area contributed by atoms with Gasteiger partial charge in [-0.2, -0.15) is 0 Å². The van der Waals surface area contributed by atoms with Gasteiger partial charge in [-0.3, -0.25) is 4.79 Å². The van der Waals surface area contributed by atoms with Gasteiger partial charge in [-0.15, -0.1) is 22.7 Å². The molecule has 1 aromatic carbocycles. The van der Waals surface area contributed by atoms with Crippen LogP contribution in [-0.4, -0.2) is 10.9 Å². The van der Waals surface area contributed by atoms with Gasteiger partial charge in [0, 0.05) is 11.6 Å². The summed E-state index contributed by atoms with van der Waals surface area (Å²) in [4.78, 5) is 18.1. The Balaban J connectivity index is 1.68. The number of halogens is 1. The van der Waals surface area contributed by atoms with Crippen molar-refractivity contribution in [3.8, 4) is 9.88 Å². The first kappa shape index (κ1) is 14.3. The highest BCUT2D eigenvalue weighted by atomic mass is 35.5. The second-order valence-electron chi connectivity index (χ2n) is 4.28. The van der Waals surface area contributed by atoms with Crippen molar-refractivity contribution in [2.75, 3.05) is 0 Å². The molecular formula is C15H11ClN2OS2. The summed E-state index contributed by atoms with van der Waals surface area (Å²) in [7, 11) is 0. The van der Waals surface area contributed by atoms with E-state index in [1.807, 2.05) is 41.8 Å².